The predicted octanol–water partition coefficient (Wildman–Crippen LogP) is 0.917. The van der Waals surface area contributed by atoms with Gasteiger partial charge in [-0.05, 0) is 25.0 Å². The van der Waals surface area contributed by atoms with E-state index in [9.17, 15) is 21.2 Å². The molecule has 1 aliphatic heterocycles. The average Bonchev–Trinajstić information content (AvgIpc) is 2.36. The zero-order chi connectivity index (χ0) is 15.8. The maximum absolute atomic E-state index is 13.2. The van der Waals surface area contributed by atoms with Gasteiger partial charge in [-0.2, -0.15) is 0 Å². The molecule has 6 nitrogen and oxygen atoms in total. The zero-order valence-electron chi connectivity index (χ0n) is 10.8. The number of nitrogens with two attached hydrogens (primary N) is 1. The fourth-order valence-corrected chi connectivity index (χ4v) is 5.39. The summed E-state index contributed by atoms with van der Waals surface area (Å²) in [5.41, 5.74) is 5.02. The van der Waals surface area contributed by atoms with Crippen molar-refractivity contribution in [3.8, 4) is 0 Å². The Labute approximate surface area is 127 Å². The summed E-state index contributed by atoms with van der Waals surface area (Å²) in [5.74, 6) is -0.943. The van der Waals surface area contributed by atoms with E-state index < -0.39 is 31.7 Å². The first kappa shape index (κ1) is 16.5. The summed E-state index contributed by atoms with van der Waals surface area (Å²) in [5, 5.41) is -0.280. The molecule has 118 valence electrons. The van der Waals surface area contributed by atoms with E-state index in [0.29, 0.717) is 0 Å². The summed E-state index contributed by atoms with van der Waals surface area (Å²) in [6, 6.07) is 1.27. The van der Waals surface area contributed by atoms with Crippen LogP contribution < -0.4 is 10.5 Å². The zero-order valence-corrected chi connectivity index (χ0v) is 13.2. The second-order valence-electron chi connectivity index (χ2n) is 4.85. The molecule has 2 rings (SSSR count). The van der Waals surface area contributed by atoms with E-state index in [-0.39, 0.29) is 40.0 Å². The summed E-state index contributed by atoms with van der Waals surface area (Å²) in [7, 11) is -7.08. The molecule has 21 heavy (non-hydrogen) atoms. The first-order valence-corrected chi connectivity index (χ1v) is 9.76. The number of rotatable bonds is 3. The van der Waals surface area contributed by atoms with Gasteiger partial charge in [-0.1, -0.05) is 11.6 Å². The number of hydrogen-bond donors (Lipinski definition) is 2. The topological polar surface area (TPSA) is 106 Å². The summed E-state index contributed by atoms with van der Waals surface area (Å²) in [6.45, 7) is 0. The highest BCUT2D eigenvalue weighted by Gasteiger charge is 2.29. The molecule has 0 atom stereocenters. The maximum atomic E-state index is 13.2. The van der Waals surface area contributed by atoms with Gasteiger partial charge in [0.2, 0.25) is 10.0 Å². The number of sulfone groups is 1. The normalized spacial score (nSPS) is 19.5. The molecule has 0 unspecified atom stereocenters. The molecule has 10 heteroatoms. The lowest BCUT2D eigenvalue weighted by molar-refractivity contribution is 0.505. The average molecular weight is 357 g/mol. The van der Waals surface area contributed by atoms with Gasteiger partial charge >= 0.3 is 0 Å². The molecule has 0 aliphatic carbocycles. The lowest BCUT2D eigenvalue weighted by Crippen LogP contribution is -2.40. The Morgan fingerprint density at radius 1 is 1.29 bits per heavy atom. The Morgan fingerprint density at radius 2 is 1.86 bits per heavy atom. The maximum Gasteiger partial charge on any atom is 0.242 e. The molecule has 0 spiro atoms. The van der Waals surface area contributed by atoms with Crippen molar-refractivity contribution in [1.82, 2.24) is 4.72 Å². The fraction of sp³-hybridized carbons (Fsp3) is 0.455. The van der Waals surface area contributed by atoms with Crippen LogP contribution in [-0.4, -0.2) is 34.4 Å². The van der Waals surface area contributed by atoms with E-state index in [0.717, 1.165) is 12.1 Å². The summed E-state index contributed by atoms with van der Waals surface area (Å²) < 4.78 is 62.7. The minimum atomic E-state index is -3.99. The molecule has 3 N–H and O–H groups in total. The van der Waals surface area contributed by atoms with E-state index in [1.54, 1.807) is 0 Å². The van der Waals surface area contributed by atoms with Gasteiger partial charge in [0.15, 0.2) is 0 Å². The van der Waals surface area contributed by atoms with Gasteiger partial charge in [0.1, 0.15) is 20.5 Å². The van der Waals surface area contributed by atoms with Crippen molar-refractivity contribution in [1.29, 1.82) is 0 Å². The smallest absolute Gasteiger partial charge is 0.242 e. The highest BCUT2D eigenvalue weighted by Crippen LogP contribution is 2.27. The second-order valence-corrected chi connectivity index (χ2v) is 9.24. The van der Waals surface area contributed by atoms with E-state index in [4.69, 9.17) is 17.3 Å². The number of benzene rings is 1. The van der Waals surface area contributed by atoms with Crippen LogP contribution in [0.2, 0.25) is 5.02 Å². The van der Waals surface area contributed by atoms with Crippen LogP contribution in [0.4, 0.5) is 10.1 Å². The number of anilines is 1. The fourth-order valence-electron chi connectivity index (χ4n) is 2.04. The van der Waals surface area contributed by atoms with Crippen molar-refractivity contribution in [3.63, 3.8) is 0 Å². The lowest BCUT2D eigenvalue weighted by Gasteiger charge is -2.23. The van der Waals surface area contributed by atoms with Gasteiger partial charge in [-0.3, -0.25) is 0 Å². The Balaban J connectivity index is 2.22. The van der Waals surface area contributed by atoms with E-state index in [1.807, 2.05) is 0 Å². The summed E-state index contributed by atoms with van der Waals surface area (Å²) in [4.78, 5) is -0.323. The second kappa shape index (κ2) is 5.71. The largest absolute Gasteiger partial charge is 0.396 e. The standard InChI is InChI=1S/C11H14ClFN2O4S2/c12-8-5-9(13)10(14)6-11(8)21(18,19)15-7-1-3-20(16,17)4-2-7/h5-7,15H,1-4,14H2. The number of halogens is 2. The Kier molecular flexibility index (Phi) is 4.48. The Bertz CT molecular complexity index is 751. The molecule has 1 heterocycles. The first-order chi connectivity index (χ1) is 9.61. The van der Waals surface area contributed by atoms with Crippen molar-refractivity contribution in [2.24, 2.45) is 0 Å². The van der Waals surface area contributed by atoms with Crippen molar-refractivity contribution in [2.45, 2.75) is 23.8 Å². The first-order valence-electron chi connectivity index (χ1n) is 6.08. The molecular formula is C11H14ClFN2O4S2. The predicted molar refractivity (Wildman–Crippen MR) is 77.8 cm³/mol. The van der Waals surface area contributed by atoms with Crippen molar-refractivity contribution >= 4 is 37.1 Å². The number of nitrogens with one attached hydrogen (secondary N) is 1. The SMILES string of the molecule is Nc1cc(S(=O)(=O)NC2CCS(=O)(=O)CC2)c(Cl)cc1F. The molecule has 1 aromatic carbocycles. The number of hydrogen-bond acceptors (Lipinski definition) is 5. The third kappa shape index (κ3) is 3.85. The molecule has 0 radical (unpaired) electrons. The van der Waals surface area contributed by atoms with Gasteiger partial charge in [-0.15, -0.1) is 0 Å². The Hall–Kier alpha value is -0.900. The minimum absolute atomic E-state index is 0.0700. The van der Waals surface area contributed by atoms with Crippen LogP contribution in [0.15, 0.2) is 17.0 Å². The van der Waals surface area contributed by atoms with E-state index in [1.165, 1.54) is 0 Å². The molecular weight excluding hydrogens is 343 g/mol. The molecule has 0 amide bonds. The highest BCUT2D eigenvalue weighted by atomic mass is 35.5. The monoisotopic (exact) mass is 356 g/mol. The van der Waals surface area contributed by atoms with Crippen LogP contribution in [-0.2, 0) is 19.9 Å². The van der Waals surface area contributed by atoms with Crippen LogP contribution in [0.5, 0.6) is 0 Å². The minimum Gasteiger partial charge on any atom is -0.396 e. The molecule has 1 fully saturated rings. The van der Waals surface area contributed by atoms with Crippen LogP contribution in [0.25, 0.3) is 0 Å². The van der Waals surface area contributed by atoms with Gasteiger partial charge in [0, 0.05) is 6.04 Å². The van der Waals surface area contributed by atoms with Crippen molar-refractivity contribution in [2.75, 3.05) is 17.2 Å². The summed E-state index contributed by atoms with van der Waals surface area (Å²) >= 11 is 5.74. The van der Waals surface area contributed by atoms with Crippen LogP contribution >= 0.6 is 11.6 Å². The number of nitrogen functional groups attached to an aromatic ring is 1. The highest BCUT2D eigenvalue weighted by molar-refractivity contribution is 7.91. The molecule has 0 bridgehead atoms. The van der Waals surface area contributed by atoms with Crippen molar-refractivity contribution in [3.05, 3.63) is 23.0 Å². The number of sulfonamides is 1. The van der Waals surface area contributed by atoms with E-state index >= 15 is 0 Å². The van der Waals surface area contributed by atoms with Crippen LogP contribution in [0.3, 0.4) is 0 Å². The van der Waals surface area contributed by atoms with Gasteiger partial charge < -0.3 is 5.73 Å². The molecule has 1 aliphatic rings. The summed E-state index contributed by atoms with van der Waals surface area (Å²) in [6.07, 6.45) is 0.381. The van der Waals surface area contributed by atoms with Gasteiger partial charge in [0.25, 0.3) is 0 Å². The van der Waals surface area contributed by atoms with Crippen LogP contribution in [0.1, 0.15) is 12.8 Å². The molecule has 1 saturated heterocycles. The van der Waals surface area contributed by atoms with Crippen LogP contribution in [0, 0.1) is 5.82 Å². The third-order valence-corrected chi connectivity index (χ3v) is 6.92. The molecule has 1 aromatic rings. The molecule has 0 saturated carbocycles. The lowest BCUT2D eigenvalue weighted by atomic mass is 10.2. The van der Waals surface area contributed by atoms with Gasteiger partial charge in [0.05, 0.1) is 22.2 Å². The van der Waals surface area contributed by atoms with Gasteiger partial charge in [-0.25, -0.2) is 25.9 Å². The molecule has 0 aromatic heterocycles. The van der Waals surface area contributed by atoms with E-state index in [2.05, 4.69) is 4.72 Å². The quantitative estimate of drug-likeness (QED) is 0.783. The Morgan fingerprint density at radius 3 is 2.43 bits per heavy atom. The van der Waals surface area contributed by atoms with Crippen molar-refractivity contribution < 1.29 is 21.2 Å². The third-order valence-electron chi connectivity index (χ3n) is 3.22.